The number of rotatable bonds is 2. The highest BCUT2D eigenvalue weighted by molar-refractivity contribution is 4.88. The molecule has 3 nitrogen and oxygen atoms in total. The Morgan fingerprint density at radius 3 is 2.93 bits per heavy atom. The second-order valence-corrected chi connectivity index (χ2v) is 4.60. The van der Waals surface area contributed by atoms with Crippen LogP contribution in [0, 0.1) is 5.92 Å². The first-order valence-corrected chi connectivity index (χ1v) is 5.87. The van der Waals surface area contributed by atoms with Crippen LogP contribution < -0.4 is 5.32 Å². The first kappa shape index (κ1) is 10.4. The fourth-order valence-electron chi connectivity index (χ4n) is 2.58. The number of hydrogen-bond acceptors (Lipinski definition) is 3. The zero-order chi connectivity index (χ0) is 9.97. The van der Waals surface area contributed by atoms with Crippen LogP contribution in [0.4, 0.5) is 0 Å². The highest BCUT2D eigenvalue weighted by Gasteiger charge is 2.31. The number of morpholine rings is 1. The molecule has 14 heavy (non-hydrogen) atoms. The van der Waals surface area contributed by atoms with Crippen LogP contribution in [-0.4, -0.2) is 49.8 Å². The summed E-state index contributed by atoms with van der Waals surface area (Å²) in [6, 6.07) is 0.743. The normalized spacial score (nSPS) is 40.3. The van der Waals surface area contributed by atoms with Crippen LogP contribution in [0.1, 0.15) is 20.3 Å². The van der Waals surface area contributed by atoms with Gasteiger partial charge < -0.3 is 10.1 Å². The molecule has 0 aromatic carbocycles. The monoisotopic (exact) mass is 198 g/mol. The molecule has 3 heteroatoms. The van der Waals surface area contributed by atoms with Crippen LogP contribution in [0.5, 0.6) is 0 Å². The Balaban J connectivity index is 1.90. The summed E-state index contributed by atoms with van der Waals surface area (Å²) in [6.45, 7) is 10.1. The molecule has 2 aliphatic heterocycles. The Morgan fingerprint density at radius 2 is 2.29 bits per heavy atom. The Kier molecular flexibility index (Phi) is 3.42. The molecule has 0 aliphatic carbocycles. The van der Waals surface area contributed by atoms with Gasteiger partial charge >= 0.3 is 0 Å². The van der Waals surface area contributed by atoms with Gasteiger partial charge in [-0.2, -0.15) is 0 Å². The average molecular weight is 198 g/mol. The Bertz CT molecular complexity index is 186. The van der Waals surface area contributed by atoms with Gasteiger partial charge in [0.15, 0.2) is 0 Å². The number of hydrogen-bond donors (Lipinski definition) is 1. The van der Waals surface area contributed by atoms with E-state index in [0.717, 1.165) is 44.6 Å². The highest BCUT2D eigenvalue weighted by Crippen LogP contribution is 2.19. The van der Waals surface area contributed by atoms with Crippen molar-refractivity contribution in [3.8, 4) is 0 Å². The van der Waals surface area contributed by atoms with E-state index in [1.165, 1.54) is 6.54 Å². The molecule has 1 N–H and O–H groups in total. The molecule has 2 fully saturated rings. The molecule has 0 aromatic heterocycles. The molecule has 0 aromatic rings. The summed E-state index contributed by atoms with van der Waals surface area (Å²) in [7, 11) is 0. The van der Waals surface area contributed by atoms with E-state index >= 15 is 0 Å². The molecule has 82 valence electrons. The molecule has 2 aliphatic rings. The second kappa shape index (κ2) is 4.60. The summed E-state index contributed by atoms with van der Waals surface area (Å²) >= 11 is 0. The molecule has 0 amide bonds. The standard InChI is InChI=1S/C11H22N2O/c1-3-10-8-13(4-5-14-10)11-7-12-6-9(11)2/h9-12H,3-8H2,1-2H3. The van der Waals surface area contributed by atoms with E-state index in [9.17, 15) is 0 Å². The SMILES string of the molecule is CCC1CN(C2CNCC2C)CCO1. The predicted molar refractivity (Wildman–Crippen MR) is 57.4 cm³/mol. The lowest BCUT2D eigenvalue weighted by atomic mass is 10.0. The van der Waals surface area contributed by atoms with Gasteiger partial charge in [-0.1, -0.05) is 13.8 Å². The summed E-state index contributed by atoms with van der Waals surface area (Å²) in [4.78, 5) is 2.61. The van der Waals surface area contributed by atoms with Crippen LogP contribution in [-0.2, 0) is 4.74 Å². The first-order chi connectivity index (χ1) is 6.81. The quantitative estimate of drug-likeness (QED) is 0.707. The highest BCUT2D eigenvalue weighted by atomic mass is 16.5. The Hall–Kier alpha value is -0.120. The van der Waals surface area contributed by atoms with Gasteiger partial charge in [-0.05, 0) is 18.9 Å². The van der Waals surface area contributed by atoms with Crippen LogP contribution in [0.2, 0.25) is 0 Å². The van der Waals surface area contributed by atoms with E-state index in [0.29, 0.717) is 6.10 Å². The van der Waals surface area contributed by atoms with Gasteiger partial charge in [-0.3, -0.25) is 4.90 Å². The Morgan fingerprint density at radius 1 is 1.43 bits per heavy atom. The van der Waals surface area contributed by atoms with Crippen LogP contribution in [0.3, 0.4) is 0 Å². The molecule has 0 bridgehead atoms. The molecule has 0 radical (unpaired) electrons. The Labute approximate surface area is 86.8 Å². The molecule has 3 unspecified atom stereocenters. The van der Waals surface area contributed by atoms with Gasteiger partial charge in [0.25, 0.3) is 0 Å². The van der Waals surface area contributed by atoms with Crippen molar-refractivity contribution < 1.29 is 4.74 Å². The van der Waals surface area contributed by atoms with Crippen LogP contribution >= 0.6 is 0 Å². The summed E-state index contributed by atoms with van der Waals surface area (Å²) < 4.78 is 5.69. The van der Waals surface area contributed by atoms with Crippen LogP contribution in [0.15, 0.2) is 0 Å². The largest absolute Gasteiger partial charge is 0.376 e. The topological polar surface area (TPSA) is 24.5 Å². The third kappa shape index (κ3) is 2.10. The van der Waals surface area contributed by atoms with E-state index in [4.69, 9.17) is 4.74 Å². The van der Waals surface area contributed by atoms with Crippen molar-refractivity contribution in [2.75, 3.05) is 32.8 Å². The van der Waals surface area contributed by atoms with Gasteiger partial charge in [0.2, 0.25) is 0 Å². The van der Waals surface area contributed by atoms with Crippen molar-refractivity contribution >= 4 is 0 Å². The first-order valence-electron chi connectivity index (χ1n) is 5.87. The molecule has 2 heterocycles. The van der Waals surface area contributed by atoms with E-state index in [-0.39, 0.29) is 0 Å². The molecule has 0 saturated carbocycles. The predicted octanol–water partition coefficient (Wildman–Crippen LogP) is 0.705. The number of ether oxygens (including phenoxy) is 1. The zero-order valence-corrected chi connectivity index (χ0v) is 9.33. The summed E-state index contributed by atoms with van der Waals surface area (Å²) in [5, 5.41) is 3.47. The zero-order valence-electron chi connectivity index (χ0n) is 9.33. The van der Waals surface area contributed by atoms with E-state index in [1.54, 1.807) is 0 Å². The lowest BCUT2D eigenvalue weighted by Crippen LogP contribution is -2.50. The molecular weight excluding hydrogens is 176 g/mol. The minimum absolute atomic E-state index is 0.469. The summed E-state index contributed by atoms with van der Waals surface area (Å²) in [6.07, 6.45) is 1.61. The maximum absolute atomic E-state index is 5.69. The van der Waals surface area contributed by atoms with E-state index < -0.39 is 0 Å². The van der Waals surface area contributed by atoms with Gasteiger partial charge in [0, 0.05) is 25.7 Å². The second-order valence-electron chi connectivity index (χ2n) is 4.60. The van der Waals surface area contributed by atoms with Crippen molar-refractivity contribution in [2.45, 2.75) is 32.4 Å². The van der Waals surface area contributed by atoms with Crippen molar-refractivity contribution in [1.82, 2.24) is 10.2 Å². The number of nitrogens with one attached hydrogen (secondary N) is 1. The van der Waals surface area contributed by atoms with Gasteiger partial charge in [0.1, 0.15) is 0 Å². The molecule has 2 saturated heterocycles. The molecule has 3 atom stereocenters. The lowest BCUT2D eigenvalue weighted by Gasteiger charge is -2.37. The average Bonchev–Trinajstić information content (AvgIpc) is 2.65. The smallest absolute Gasteiger partial charge is 0.0700 e. The van der Waals surface area contributed by atoms with Crippen molar-refractivity contribution in [2.24, 2.45) is 5.92 Å². The summed E-state index contributed by atoms with van der Waals surface area (Å²) in [5.74, 6) is 0.797. The molecular formula is C11H22N2O. The number of nitrogens with zero attached hydrogens (tertiary/aromatic N) is 1. The third-order valence-corrected chi connectivity index (χ3v) is 3.57. The van der Waals surface area contributed by atoms with E-state index in [1.807, 2.05) is 0 Å². The molecule has 2 rings (SSSR count). The molecule has 0 spiro atoms. The maximum atomic E-state index is 5.69. The van der Waals surface area contributed by atoms with Gasteiger partial charge in [-0.25, -0.2) is 0 Å². The summed E-state index contributed by atoms with van der Waals surface area (Å²) in [5.41, 5.74) is 0. The van der Waals surface area contributed by atoms with Crippen LogP contribution in [0.25, 0.3) is 0 Å². The lowest BCUT2D eigenvalue weighted by molar-refractivity contribution is -0.0464. The minimum atomic E-state index is 0.469. The van der Waals surface area contributed by atoms with Crippen molar-refractivity contribution in [3.63, 3.8) is 0 Å². The van der Waals surface area contributed by atoms with Crippen molar-refractivity contribution in [1.29, 1.82) is 0 Å². The fourth-order valence-corrected chi connectivity index (χ4v) is 2.58. The minimum Gasteiger partial charge on any atom is -0.376 e. The maximum Gasteiger partial charge on any atom is 0.0700 e. The fraction of sp³-hybridized carbons (Fsp3) is 1.00. The van der Waals surface area contributed by atoms with Crippen molar-refractivity contribution in [3.05, 3.63) is 0 Å². The van der Waals surface area contributed by atoms with E-state index in [2.05, 4.69) is 24.1 Å². The van der Waals surface area contributed by atoms with Gasteiger partial charge in [-0.15, -0.1) is 0 Å². The van der Waals surface area contributed by atoms with Gasteiger partial charge in [0.05, 0.1) is 12.7 Å². The third-order valence-electron chi connectivity index (χ3n) is 3.57.